The Labute approximate surface area is 133 Å². The molecule has 0 unspecified atom stereocenters. The van der Waals surface area contributed by atoms with E-state index in [-0.39, 0.29) is 0 Å². The van der Waals surface area contributed by atoms with Crippen LogP contribution in [0.2, 0.25) is 0 Å². The van der Waals surface area contributed by atoms with Crippen molar-refractivity contribution >= 4 is 48.6 Å². The third-order valence-electron chi connectivity index (χ3n) is 3.15. The number of aryl methyl sites for hydroxylation is 2. The molecule has 3 nitrogen and oxygen atoms in total. The van der Waals surface area contributed by atoms with Crippen molar-refractivity contribution in [2.24, 2.45) is 0 Å². The summed E-state index contributed by atoms with van der Waals surface area (Å²) >= 11 is 6.88. The predicted molar refractivity (Wildman–Crippen MR) is 88.7 cm³/mol. The van der Waals surface area contributed by atoms with Crippen molar-refractivity contribution in [1.29, 1.82) is 0 Å². The average molecular weight is 396 g/mol. The Bertz CT molecular complexity index is 801. The van der Waals surface area contributed by atoms with Crippen LogP contribution in [0.1, 0.15) is 11.1 Å². The maximum absolute atomic E-state index is 5.90. The fraction of sp³-hybridized carbons (Fsp3) is 0.133. The molecule has 0 saturated carbocycles. The van der Waals surface area contributed by atoms with E-state index in [9.17, 15) is 0 Å². The first-order chi connectivity index (χ1) is 9.45. The molecule has 3 aromatic rings. The van der Waals surface area contributed by atoms with Gasteiger partial charge in [0, 0.05) is 14.5 Å². The maximum Gasteiger partial charge on any atom is 0.227 e. The molecule has 0 bridgehead atoms. The van der Waals surface area contributed by atoms with E-state index in [4.69, 9.17) is 10.2 Å². The number of halogens is 2. The largest absolute Gasteiger partial charge is 0.436 e. The molecule has 0 aliphatic rings. The number of hydrogen-bond acceptors (Lipinski definition) is 3. The number of benzene rings is 2. The Kier molecular flexibility index (Phi) is 3.34. The highest BCUT2D eigenvalue weighted by atomic mass is 79.9. The first-order valence-corrected chi connectivity index (χ1v) is 7.67. The van der Waals surface area contributed by atoms with Crippen LogP contribution in [0.25, 0.3) is 22.6 Å². The summed E-state index contributed by atoms with van der Waals surface area (Å²) in [4.78, 5) is 4.57. The molecule has 102 valence electrons. The molecule has 0 amide bonds. The zero-order valence-corrected chi connectivity index (χ0v) is 14.2. The van der Waals surface area contributed by atoms with Crippen LogP contribution in [0.15, 0.2) is 37.6 Å². The summed E-state index contributed by atoms with van der Waals surface area (Å²) in [7, 11) is 0. The Morgan fingerprint density at radius 2 is 1.70 bits per heavy atom. The van der Waals surface area contributed by atoms with Gasteiger partial charge >= 0.3 is 0 Å². The van der Waals surface area contributed by atoms with Gasteiger partial charge in [0.25, 0.3) is 0 Å². The van der Waals surface area contributed by atoms with Gasteiger partial charge in [0.1, 0.15) is 5.52 Å². The Hall–Kier alpha value is -1.33. The molecule has 0 aliphatic heterocycles. The second-order valence-electron chi connectivity index (χ2n) is 4.80. The molecule has 0 aliphatic carbocycles. The normalized spacial score (nSPS) is 11.2. The zero-order valence-electron chi connectivity index (χ0n) is 11.0. The number of nitrogens with zero attached hydrogens (tertiary/aromatic N) is 1. The van der Waals surface area contributed by atoms with Crippen molar-refractivity contribution in [3.8, 4) is 11.5 Å². The topological polar surface area (TPSA) is 52.0 Å². The summed E-state index contributed by atoms with van der Waals surface area (Å²) < 4.78 is 7.53. The fourth-order valence-electron chi connectivity index (χ4n) is 2.21. The summed E-state index contributed by atoms with van der Waals surface area (Å²) in [5, 5.41) is 0. The minimum Gasteiger partial charge on any atom is -0.436 e. The van der Waals surface area contributed by atoms with Gasteiger partial charge in [0.2, 0.25) is 5.89 Å². The number of rotatable bonds is 1. The first-order valence-electron chi connectivity index (χ1n) is 6.08. The number of nitrogens with two attached hydrogens (primary N) is 1. The number of oxazole rings is 1. The molecule has 2 aromatic carbocycles. The van der Waals surface area contributed by atoms with Gasteiger partial charge < -0.3 is 10.2 Å². The molecule has 5 heteroatoms. The van der Waals surface area contributed by atoms with E-state index in [1.807, 2.05) is 25.1 Å². The van der Waals surface area contributed by atoms with Gasteiger partial charge in [0.05, 0.1) is 5.69 Å². The lowest BCUT2D eigenvalue weighted by molar-refractivity contribution is 0.617. The van der Waals surface area contributed by atoms with Crippen LogP contribution in [0.5, 0.6) is 0 Å². The minimum atomic E-state index is 0.593. The molecule has 1 aromatic heterocycles. The molecule has 2 N–H and O–H groups in total. The molecule has 0 atom stereocenters. The highest BCUT2D eigenvalue weighted by molar-refractivity contribution is 9.11. The van der Waals surface area contributed by atoms with E-state index in [2.05, 4.69) is 49.8 Å². The molecule has 0 fully saturated rings. The third-order valence-corrected chi connectivity index (χ3v) is 4.46. The molecule has 0 saturated heterocycles. The van der Waals surface area contributed by atoms with Gasteiger partial charge in [-0.05, 0) is 75.0 Å². The summed E-state index contributed by atoms with van der Waals surface area (Å²) in [6.07, 6.45) is 0. The lowest BCUT2D eigenvalue weighted by atomic mass is 10.1. The second-order valence-corrected chi connectivity index (χ2v) is 6.51. The standard InChI is InChI=1S/C15H12Br2N2O/c1-7-3-8(2)14-12(4-7)19-15(20-14)9-5-10(16)13(18)11(17)6-9/h3-6H,18H2,1-2H3. The number of nitrogen functional groups attached to an aromatic ring is 1. The van der Waals surface area contributed by atoms with Crippen LogP contribution >= 0.6 is 31.9 Å². The average Bonchev–Trinajstić information content (AvgIpc) is 2.79. The lowest BCUT2D eigenvalue weighted by Crippen LogP contribution is -1.89. The summed E-state index contributed by atoms with van der Waals surface area (Å²) in [5.74, 6) is 0.593. The van der Waals surface area contributed by atoms with Crippen molar-refractivity contribution in [2.75, 3.05) is 5.73 Å². The van der Waals surface area contributed by atoms with Gasteiger partial charge in [-0.15, -0.1) is 0 Å². The third kappa shape index (κ3) is 2.25. The number of aromatic nitrogens is 1. The summed E-state index contributed by atoms with van der Waals surface area (Å²) in [6, 6.07) is 7.93. The summed E-state index contributed by atoms with van der Waals surface area (Å²) in [6.45, 7) is 4.08. The molecular formula is C15H12Br2N2O. The Morgan fingerprint density at radius 3 is 2.35 bits per heavy atom. The zero-order chi connectivity index (χ0) is 14.4. The monoisotopic (exact) mass is 394 g/mol. The van der Waals surface area contributed by atoms with Gasteiger partial charge in [-0.2, -0.15) is 0 Å². The molecular weight excluding hydrogens is 384 g/mol. The lowest BCUT2D eigenvalue weighted by Gasteiger charge is -2.03. The quantitative estimate of drug-likeness (QED) is 0.574. The van der Waals surface area contributed by atoms with Crippen LogP contribution < -0.4 is 5.73 Å². The van der Waals surface area contributed by atoms with Crippen molar-refractivity contribution in [3.05, 3.63) is 44.3 Å². The predicted octanol–water partition coefficient (Wildman–Crippen LogP) is 5.22. The number of anilines is 1. The summed E-state index contributed by atoms with van der Waals surface area (Å²) in [5.41, 5.74) is 11.4. The van der Waals surface area contributed by atoms with E-state index < -0.39 is 0 Å². The SMILES string of the molecule is Cc1cc(C)c2oc(-c3cc(Br)c(N)c(Br)c3)nc2c1. The highest BCUT2D eigenvalue weighted by Gasteiger charge is 2.13. The Balaban J connectivity index is 2.22. The van der Waals surface area contributed by atoms with Gasteiger partial charge in [0.15, 0.2) is 5.58 Å². The second kappa shape index (κ2) is 4.90. The van der Waals surface area contributed by atoms with E-state index in [1.54, 1.807) is 0 Å². The molecule has 0 radical (unpaired) electrons. The van der Waals surface area contributed by atoms with E-state index >= 15 is 0 Å². The molecule has 20 heavy (non-hydrogen) atoms. The minimum absolute atomic E-state index is 0.593. The van der Waals surface area contributed by atoms with Crippen molar-refractivity contribution in [1.82, 2.24) is 4.98 Å². The van der Waals surface area contributed by atoms with E-state index in [1.165, 1.54) is 5.56 Å². The fourth-order valence-corrected chi connectivity index (χ4v) is 3.39. The van der Waals surface area contributed by atoms with Crippen LogP contribution in [-0.4, -0.2) is 4.98 Å². The van der Waals surface area contributed by atoms with Gasteiger partial charge in [-0.25, -0.2) is 4.98 Å². The van der Waals surface area contributed by atoms with Crippen LogP contribution in [0.4, 0.5) is 5.69 Å². The maximum atomic E-state index is 5.90. The smallest absolute Gasteiger partial charge is 0.227 e. The van der Waals surface area contributed by atoms with Crippen LogP contribution in [0.3, 0.4) is 0 Å². The first kappa shape index (κ1) is 13.6. The number of hydrogen-bond donors (Lipinski definition) is 1. The van der Waals surface area contributed by atoms with Crippen LogP contribution in [-0.2, 0) is 0 Å². The van der Waals surface area contributed by atoms with E-state index in [0.717, 1.165) is 31.2 Å². The highest BCUT2D eigenvalue weighted by Crippen LogP contribution is 2.35. The van der Waals surface area contributed by atoms with Crippen molar-refractivity contribution in [2.45, 2.75) is 13.8 Å². The number of fused-ring (bicyclic) bond motifs is 1. The molecule has 1 heterocycles. The Morgan fingerprint density at radius 1 is 1.05 bits per heavy atom. The van der Waals surface area contributed by atoms with Crippen molar-refractivity contribution in [3.63, 3.8) is 0 Å². The van der Waals surface area contributed by atoms with Crippen LogP contribution in [0, 0.1) is 13.8 Å². The van der Waals surface area contributed by atoms with Crippen molar-refractivity contribution < 1.29 is 4.42 Å². The van der Waals surface area contributed by atoms with Gasteiger partial charge in [-0.1, -0.05) is 6.07 Å². The molecule has 3 rings (SSSR count). The van der Waals surface area contributed by atoms with Gasteiger partial charge in [-0.3, -0.25) is 0 Å². The van der Waals surface area contributed by atoms with E-state index in [0.29, 0.717) is 11.6 Å². The molecule has 0 spiro atoms.